The van der Waals surface area contributed by atoms with Gasteiger partial charge in [0.05, 0.1) is 10.0 Å². The Balaban J connectivity index is 1.82. The first kappa shape index (κ1) is 16.0. The number of benzene rings is 1. The maximum atomic E-state index is 12.4. The van der Waals surface area contributed by atoms with E-state index in [1.165, 1.54) is 18.4 Å². The van der Waals surface area contributed by atoms with E-state index in [4.69, 9.17) is 5.11 Å². The van der Waals surface area contributed by atoms with E-state index >= 15 is 0 Å². The van der Waals surface area contributed by atoms with Gasteiger partial charge in [0, 0.05) is 12.2 Å². The number of pyridine rings is 1. The van der Waals surface area contributed by atoms with Gasteiger partial charge >= 0.3 is 5.97 Å². The molecule has 1 heterocycles. The van der Waals surface area contributed by atoms with Gasteiger partial charge in [-0.05, 0) is 77.4 Å². The van der Waals surface area contributed by atoms with Crippen LogP contribution in [0.5, 0.6) is 0 Å². The van der Waals surface area contributed by atoms with E-state index < -0.39 is 5.97 Å². The molecule has 0 atom stereocenters. The summed E-state index contributed by atoms with van der Waals surface area (Å²) >= 11 is 3.38. The summed E-state index contributed by atoms with van der Waals surface area (Å²) in [5, 5.41) is 8.92. The first-order valence-corrected chi connectivity index (χ1v) is 8.48. The van der Waals surface area contributed by atoms with Crippen LogP contribution in [0.4, 0.5) is 0 Å². The summed E-state index contributed by atoms with van der Waals surface area (Å²) in [6, 6.07) is 8.79. The van der Waals surface area contributed by atoms with Gasteiger partial charge in [-0.2, -0.15) is 0 Å². The molecule has 0 amide bonds. The lowest BCUT2D eigenvalue weighted by Gasteiger charge is -2.15. The van der Waals surface area contributed by atoms with Crippen molar-refractivity contribution in [3.05, 3.63) is 67.5 Å². The zero-order valence-corrected chi connectivity index (χ0v) is 14.5. The third kappa shape index (κ3) is 3.39. The molecular weight excluding hydrogens is 358 g/mol. The van der Waals surface area contributed by atoms with Crippen molar-refractivity contribution in [1.82, 2.24) is 4.57 Å². The Kier molecular flexibility index (Phi) is 4.39. The highest BCUT2D eigenvalue weighted by molar-refractivity contribution is 9.10. The van der Waals surface area contributed by atoms with E-state index in [9.17, 15) is 9.59 Å². The molecule has 120 valence electrons. The van der Waals surface area contributed by atoms with Gasteiger partial charge < -0.3 is 9.67 Å². The van der Waals surface area contributed by atoms with E-state index in [-0.39, 0.29) is 11.1 Å². The van der Waals surface area contributed by atoms with E-state index in [0.29, 0.717) is 23.4 Å². The molecule has 2 aromatic rings. The van der Waals surface area contributed by atoms with Crippen LogP contribution in [0.1, 0.15) is 45.9 Å². The topological polar surface area (TPSA) is 59.3 Å². The van der Waals surface area contributed by atoms with Gasteiger partial charge in [0.1, 0.15) is 0 Å². The lowest BCUT2D eigenvalue weighted by molar-refractivity contribution is 0.0697. The van der Waals surface area contributed by atoms with Gasteiger partial charge in [-0.25, -0.2) is 4.79 Å². The molecule has 0 aliphatic heterocycles. The molecule has 1 aliphatic carbocycles. The molecule has 1 N–H and O–H groups in total. The zero-order chi connectivity index (χ0) is 16.6. The molecule has 1 aromatic heterocycles. The van der Waals surface area contributed by atoms with Crippen molar-refractivity contribution in [3.63, 3.8) is 0 Å². The van der Waals surface area contributed by atoms with Crippen molar-refractivity contribution in [2.75, 3.05) is 0 Å². The summed E-state index contributed by atoms with van der Waals surface area (Å²) in [7, 11) is 0. The molecule has 0 unspecified atom stereocenters. The molecule has 1 saturated carbocycles. The maximum Gasteiger partial charge on any atom is 0.335 e. The van der Waals surface area contributed by atoms with Gasteiger partial charge in [0.15, 0.2) is 0 Å². The van der Waals surface area contributed by atoms with Gasteiger partial charge in [0.25, 0.3) is 5.56 Å². The monoisotopic (exact) mass is 375 g/mol. The summed E-state index contributed by atoms with van der Waals surface area (Å²) in [5.74, 6) is -0.335. The number of aryl methyl sites for hydroxylation is 1. The van der Waals surface area contributed by atoms with Crippen LogP contribution < -0.4 is 5.56 Å². The Morgan fingerprint density at radius 1 is 1.30 bits per heavy atom. The van der Waals surface area contributed by atoms with Gasteiger partial charge in [-0.3, -0.25) is 4.79 Å². The Morgan fingerprint density at radius 3 is 2.52 bits per heavy atom. The van der Waals surface area contributed by atoms with Gasteiger partial charge in [0.2, 0.25) is 0 Å². The summed E-state index contributed by atoms with van der Waals surface area (Å²) in [6.07, 6.45) is 3.09. The Morgan fingerprint density at radius 2 is 1.96 bits per heavy atom. The fraction of sp³-hybridized carbons (Fsp3) is 0.333. The fourth-order valence-electron chi connectivity index (χ4n) is 2.87. The minimum Gasteiger partial charge on any atom is -0.478 e. The number of hydrogen-bond donors (Lipinski definition) is 1. The number of aromatic carboxylic acids is 1. The highest BCUT2D eigenvalue weighted by atomic mass is 79.9. The average molecular weight is 376 g/mol. The van der Waals surface area contributed by atoms with E-state index in [1.807, 2.05) is 29.7 Å². The molecule has 0 bridgehead atoms. The average Bonchev–Trinajstić information content (AvgIpc) is 3.36. The normalized spacial score (nSPS) is 14.0. The molecule has 1 fully saturated rings. The number of halogens is 1. The Hall–Kier alpha value is -1.88. The minimum atomic E-state index is -0.926. The fourth-order valence-corrected chi connectivity index (χ4v) is 3.33. The maximum absolute atomic E-state index is 12.4. The smallest absolute Gasteiger partial charge is 0.335 e. The lowest BCUT2D eigenvalue weighted by atomic mass is 10.1. The highest BCUT2D eigenvalue weighted by Gasteiger charge is 2.27. The molecule has 1 aliphatic rings. The molecule has 0 spiro atoms. The molecule has 23 heavy (non-hydrogen) atoms. The van der Waals surface area contributed by atoms with E-state index in [2.05, 4.69) is 15.9 Å². The number of nitrogens with zero attached hydrogens (tertiary/aromatic N) is 1. The summed E-state index contributed by atoms with van der Waals surface area (Å²) in [5.41, 5.74) is 3.60. The molecular formula is C18H18BrNO3. The van der Waals surface area contributed by atoms with Crippen molar-refractivity contribution in [2.24, 2.45) is 0 Å². The van der Waals surface area contributed by atoms with E-state index in [1.54, 1.807) is 12.1 Å². The van der Waals surface area contributed by atoms with Crippen molar-refractivity contribution >= 4 is 21.9 Å². The summed E-state index contributed by atoms with van der Waals surface area (Å²) < 4.78 is 2.44. The second-order valence-electron chi connectivity index (χ2n) is 6.02. The van der Waals surface area contributed by atoms with Crippen LogP contribution in [-0.2, 0) is 13.0 Å². The predicted octanol–water partition coefficient (Wildman–Crippen LogP) is 3.74. The quantitative estimate of drug-likeness (QED) is 0.865. The zero-order valence-electron chi connectivity index (χ0n) is 12.9. The second kappa shape index (κ2) is 6.32. The first-order valence-electron chi connectivity index (χ1n) is 7.69. The molecule has 1 aromatic carbocycles. The Labute approximate surface area is 142 Å². The minimum absolute atomic E-state index is 0.00550. The molecule has 4 nitrogen and oxygen atoms in total. The number of aromatic nitrogens is 1. The van der Waals surface area contributed by atoms with Crippen LogP contribution in [0.2, 0.25) is 0 Å². The van der Waals surface area contributed by atoms with E-state index in [0.717, 1.165) is 11.3 Å². The molecule has 0 radical (unpaired) electrons. The number of carbonyl (C=O) groups is 1. The molecule has 0 saturated heterocycles. The first-order chi connectivity index (χ1) is 11.0. The highest BCUT2D eigenvalue weighted by Crippen LogP contribution is 2.41. The third-order valence-electron chi connectivity index (χ3n) is 4.40. The largest absolute Gasteiger partial charge is 0.478 e. The SMILES string of the molecule is Cc1c(C2CC2)cc(Br)c(=O)n1CCc1ccc(C(=O)O)cc1. The Bertz CT molecular complexity index is 804. The van der Waals surface area contributed by atoms with Gasteiger partial charge in [-0.15, -0.1) is 0 Å². The lowest BCUT2D eigenvalue weighted by Crippen LogP contribution is -2.25. The van der Waals surface area contributed by atoms with Crippen LogP contribution in [-0.4, -0.2) is 15.6 Å². The second-order valence-corrected chi connectivity index (χ2v) is 6.87. The summed E-state index contributed by atoms with van der Waals surface area (Å²) in [6.45, 7) is 2.60. The van der Waals surface area contributed by atoms with Crippen LogP contribution in [0, 0.1) is 6.92 Å². The van der Waals surface area contributed by atoms with Crippen LogP contribution in [0.25, 0.3) is 0 Å². The van der Waals surface area contributed by atoms with Crippen molar-refractivity contribution in [1.29, 1.82) is 0 Å². The molecule has 3 rings (SSSR count). The van der Waals surface area contributed by atoms with Gasteiger partial charge in [-0.1, -0.05) is 12.1 Å². The number of carboxylic acids is 1. The predicted molar refractivity (Wildman–Crippen MR) is 92.2 cm³/mol. The van der Waals surface area contributed by atoms with Crippen LogP contribution >= 0.6 is 15.9 Å². The van der Waals surface area contributed by atoms with Crippen molar-refractivity contribution < 1.29 is 9.90 Å². The third-order valence-corrected chi connectivity index (χ3v) is 4.96. The number of hydrogen-bond acceptors (Lipinski definition) is 2. The molecule has 5 heteroatoms. The van der Waals surface area contributed by atoms with Crippen molar-refractivity contribution in [2.45, 2.75) is 38.6 Å². The number of carboxylic acid groups (broad SMARTS) is 1. The summed E-state index contributed by atoms with van der Waals surface area (Å²) in [4.78, 5) is 23.3. The van der Waals surface area contributed by atoms with Crippen LogP contribution in [0.3, 0.4) is 0 Å². The van der Waals surface area contributed by atoms with Crippen LogP contribution in [0.15, 0.2) is 39.6 Å². The van der Waals surface area contributed by atoms with Crippen molar-refractivity contribution in [3.8, 4) is 0 Å². The number of rotatable bonds is 5. The standard InChI is InChI=1S/C18H18BrNO3/c1-11-15(13-6-7-13)10-16(19)17(21)20(11)9-8-12-2-4-14(5-3-12)18(22)23/h2-5,10,13H,6-9H2,1H3,(H,22,23).